The molecule has 0 aliphatic carbocycles. The van der Waals surface area contributed by atoms with E-state index in [1.807, 2.05) is 12.1 Å². The molecule has 0 saturated heterocycles. The second kappa shape index (κ2) is 5.19. The first-order chi connectivity index (χ1) is 7.28. The number of halogens is 1. The van der Waals surface area contributed by atoms with Gasteiger partial charge in [0.25, 0.3) is 0 Å². The molecular formula is C12H17ClO2S. The summed E-state index contributed by atoms with van der Waals surface area (Å²) in [5, 5.41) is 8.92. The molecule has 0 radical (unpaired) electrons. The Morgan fingerprint density at radius 1 is 1.50 bits per heavy atom. The van der Waals surface area contributed by atoms with Crippen molar-refractivity contribution in [3.05, 3.63) is 21.3 Å². The van der Waals surface area contributed by atoms with E-state index in [9.17, 15) is 4.79 Å². The monoisotopic (exact) mass is 260 g/mol. The van der Waals surface area contributed by atoms with E-state index >= 15 is 0 Å². The van der Waals surface area contributed by atoms with Gasteiger partial charge in [-0.2, -0.15) is 0 Å². The molecule has 1 heterocycles. The molecule has 0 aromatic carbocycles. The van der Waals surface area contributed by atoms with Crippen LogP contribution in [0.1, 0.15) is 44.4 Å². The molecule has 90 valence electrons. The van der Waals surface area contributed by atoms with Crippen LogP contribution in [0.3, 0.4) is 0 Å². The average molecular weight is 261 g/mol. The number of thiophene rings is 1. The molecule has 16 heavy (non-hydrogen) atoms. The highest BCUT2D eigenvalue weighted by molar-refractivity contribution is 7.16. The van der Waals surface area contributed by atoms with Gasteiger partial charge in [-0.25, -0.2) is 0 Å². The van der Waals surface area contributed by atoms with Gasteiger partial charge >= 0.3 is 5.97 Å². The Morgan fingerprint density at radius 3 is 2.50 bits per heavy atom. The zero-order valence-electron chi connectivity index (χ0n) is 9.79. The van der Waals surface area contributed by atoms with Gasteiger partial charge in [-0.3, -0.25) is 4.79 Å². The molecule has 1 unspecified atom stereocenters. The molecule has 0 saturated carbocycles. The van der Waals surface area contributed by atoms with E-state index in [4.69, 9.17) is 16.7 Å². The number of rotatable bonds is 4. The average Bonchev–Trinajstić information content (AvgIpc) is 2.47. The molecular weight excluding hydrogens is 244 g/mol. The molecule has 0 spiro atoms. The summed E-state index contributed by atoms with van der Waals surface area (Å²) in [7, 11) is 0. The highest BCUT2D eigenvalue weighted by Gasteiger charge is 2.23. The van der Waals surface area contributed by atoms with Crippen molar-refractivity contribution in [2.45, 2.75) is 39.5 Å². The molecule has 1 atom stereocenters. The van der Waals surface area contributed by atoms with Gasteiger partial charge in [0.1, 0.15) is 0 Å². The summed E-state index contributed by atoms with van der Waals surface area (Å²) in [5.41, 5.74) is 0.122. The molecule has 0 fully saturated rings. The van der Waals surface area contributed by atoms with Crippen LogP contribution in [0.25, 0.3) is 0 Å². The Labute approximate surface area is 105 Å². The number of aliphatic carboxylic acids is 1. The van der Waals surface area contributed by atoms with Crippen molar-refractivity contribution in [1.29, 1.82) is 0 Å². The summed E-state index contributed by atoms with van der Waals surface area (Å²) in [6.45, 7) is 6.37. The van der Waals surface area contributed by atoms with Gasteiger partial charge in [-0.15, -0.1) is 11.3 Å². The largest absolute Gasteiger partial charge is 0.481 e. The Kier molecular flexibility index (Phi) is 4.39. The van der Waals surface area contributed by atoms with Crippen LogP contribution in [-0.4, -0.2) is 11.1 Å². The molecule has 2 nitrogen and oxygen atoms in total. The van der Waals surface area contributed by atoms with Crippen LogP contribution in [0.4, 0.5) is 0 Å². The van der Waals surface area contributed by atoms with Crippen LogP contribution in [0.5, 0.6) is 0 Å². The van der Waals surface area contributed by atoms with Crippen LogP contribution in [0.15, 0.2) is 12.1 Å². The van der Waals surface area contributed by atoms with Crippen molar-refractivity contribution in [3.8, 4) is 0 Å². The summed E-state index contributed by atoms with van der Waals surface area (Å²) in [5.74, 6) is -0.686. The highest BCUT2D eigenvalue weighted by atomic mass is 35.5. The number of carbonyl (C=O) groups is 1. The van der Waals surface area contributed by atoms with Gasteiger partial charge in [0.05, 0.1) is 10.8 Å². The molecule has 0 amide bonds. The molecule has 0 aliphatic rings. The molecule has 0 bridgehead atoms. The van der Waals surface area contributed by atoms with Gasteiger partial charge < -0.3 is 5.11 Å². The predicted molar refractivity (Wildman–Crippen MR) is 68.4 cm³/mol. The fraction of sp³-hybridized carbons (Fsp3) is 0.583. The number of carboxylic acids is 1. The SMILES string of the molecule is CC(C)(C)CC(CC(=O)O)c1ccc(Cl)s1. The summed E-state index contributed by atoms with van der Waals surface area (Å²) in [6, 6.07) is 3.77. The molecule has 1 aromatic heterocycles. The van der Waals surface area contributed by atoms with Crippen molar-refractivity contribution in [2.75, 3.05) is 0 Å². The quantitative estimate of drug-likeness (QED) is 0.871. The van der Waals surface area contributed by atoms with E-state index in [1.165, 1.54) is 11.3 Å². The standard InChI is InChI=1S/C12H17ClO2S/c1-12(2,3)7-8(6-11(14)15)9-4-5-10(13)16-9/h4-5,8H,6-7H2,1-3H3,(H,14,15). The summed E-state index contributed by atoms with van der Waals surface area (Å²) in [6.07, 6.45) is 1.03. The van der Waals surface area contributed by atoms with E-state index in [0.717, 1.165) is 15.6 Å². The number of hydrogen-bond acceptors (Lipinski definition) is 2. The van der Waals surface area contributed by atoms with Crippen LogP contribution >= 0.6 is 22.9 Å². The summed E-state index contributed by atoms with van der Waals surface area (Å²) < 4.78 is 0.722. The van der Waals surface area contributed by atoms with Gasteiger partial charge in [0, 0.05) is 10.8 Å². The Hall–Kier alpha value is -0.540. The van der Waals surface area contributed by atoms with Crippen molar-refractivity contribution in [2.24, 2.45) is 5.41 Å². The van der Waals surface area contributed by atoms with Crippen LogP contribution in [-0.2, 0) is 4.79 Å². The minimum Gasteiger partial charge on any atom is -0.481 e. The van der Waals surface area contributed by atoms with Gasteiger partial charge in [-0.05, 0) is 24.0 Å². The predicted octanol–water partition coefficient (Wildman–Crippen LogP) is 4.40. The zero-order chi connectivity index (χ0) is 12.3. The van der Waals surface area contributed by atoms with Gasteiger partial charge in [0.2, 0.25) is 0 Å². The fourth-order valence-electron chi connectivity index (χ4n) is 1.77. The number of carboxylic acid groups (broad SMARTS) is 1. The minimum atomic E-state index is -0.751. The van der Waals surface area contributed by atoms with Crippen LogP contribution in [0.2, 0.25) is 4.34 Å². The Morgan fingerprint density at radius 2 is 2.12 bits per heavy atom. The highest BCUT2D eigenvalue weighted by Crippen LogP contribution is 2.37. The molecule has 1 rings (SSSR count). The smallest absolute Gasteiger partial charge is 0.303 e. The lowest BCUT2D eigenvalue weighted by atomic mass is 9.82. The lowest BCUT2D eigenvalue weighted by molar-refractivity contribution is -0.137. The maximum absolute atomic E-state index is 10.8. The summed E-state index contributed by atoms with van der Waals surface area (Å²) >= 11 is 7.36. The third kappa shape index (κ3) is 4.54. The molecule has 1 aromatic rings. The first kappa shape index (κ1) is 13.5. The Balaban J connectivity index is 2.83. The normalized spacial score (nSPS) is 13.8. The van der Waals surface area contributed by atoms with Gasteiger partial charge in [-0.1, -0.05) is 32.4 Å². The van der Waals surface area contributed by atoms with Crippen molar-refractivity contribution in [3.63, 3.8) is 0 Å². The molecule has 4 heteroatoms. The first-order valence-electron chi connectivity index (χ1n) is 5.25. The second-order valence-corrected chi connectivity index (χ2v) is 6.95. The van der Waals surface area contributed by atoms with E-state index in [-0.39, 0.29) is 17.8 Å². The van der Waals surface area contributed by atoms with Crippen molar-refractivity contribution >= 4 is 28.9 Å². The third-order valence-corrected chi connectivity index (χ3v) is 3.67. The lowest BCUT2D eigenvalue weighted by Crippen LogP contribution is -2.14. The van der Waals surface area contributed by atoms with Crippen LogP contribution < -0.4 is 0 Å². The topological polar surface area (TPSA) is 37.3 Å². The maximum Gasteiger partial charge on any atom is 0.303 e. The third-order valence-electron chi connectivity index (χ3n) is 2.28. The lowest BCUT2D eigenvalue weighted by Gasteiger charge is -2.24. The maximum atomic E-state index is 10.8. The molecule has 1 N–H and O–H groups in total. The molecule has 0 aliphatic heterocycles. The minimum absolute atomic E-state index is 0.0648. The van der Waals surface area contributed by atoms with Crippen molar-refractivity contribution in [1.82, 2.24) is 0 Å². The Bertz CT molecular complexity index is 365. The van der Waals surface area contributed by atoms with E-state index in [0.29, 0.717) is 0 Å². The summed E-state index contributed by atoms with van der Waals surface area (Å²) in [4.78, 5) is 11.9. The number of hydrogen-bond donors (Lipinski definition) is 1. The van der Waals surface area contributed by atoms with E-state index in [2.05, 4.69) is 20.8 Å². The van der Waals surface area contributed by atoms with E-state index in [1.54, 1.807) is 0 Å². The fourth-order valence-corrected chi connectivity index (χ4v) is 2.93. The first-order valence-corrected chi connectivity index (χ1v) is 6.44. The second-order valence-electron chi connectivity index (χ2n) is 5.20. The van der Waals surface area contributed by atoms with Gasteiger partial charge in [0.15, 0.2) is 0 Å². The van der Waals surface area contributed by atoms with Crippen molar-refractivity contribution < 1.29 is 9.90 Å². The zero-order valence-corrected chi connectivity index (χ0v) is 11.4. The van der Waals surface area contributed by atoms with Crippen LogP contribution in [0, 0.1) is 5.41 Å². The van der Waals surface area contributed by atoms with E-state index < -0.39 is 5.97 Å².